The average Bonchev–Trinajstić information content (AvgIpc) is 1.12. The number of aliphatic hydroxyl groups excluding tert-OH is 1. The first-order valence-corrected chi connectivity index (χ1v) is 51.4. The Bertz CT molecular complexity index is 5480. The van der Waals surface area contributed by atoms with E-state index in [2.05, 4.69) is 156 Å². The molecule has 7 N–H and O–H groups in total. The second-order valence-electron chi connectivity index (χ2n) is 36.0. The Labute approximate surface area is 863 Å². The van der Waals surface area contributed by atoms with E-state index in [4.69, 9.17) is 107 Å². The summed E-state index contributed by atoms with van der Waals surface area (Å²) >= 11 is 32.7. The van der Waals surface area contributed by atoms with Crippen molar-refractivity contribution < 1.29 is 42.7 Å². The van der Waals surface area contributed by atoms with Gasteiger partial charge in [-0.1, -0.05) is 13.5 Å². The van der Waals surface area contributed by atoms with Gasteiger partial charge in [0.05, 0.1) is 80.5 Å². The number of halogens is 1. The first kappa shape index (κ1) is 106. The van der Waals surface area contributed by atoms with E-state index in [1.165, 1.54) is 12.8 Å². The number of aromatic nitrogens is 6. The first-order chi connectivity index (χ1) is 68.9. The predicted octanol–water partition coefficient (Wildman–Crippen LogP) is 7.05. The molecular weight excluding hydrogens is 1920 g/mol. The Balaban J connectivity index is 0.000000135. The number of amides is 1. The molecule has 45 heteroatoms. The van der Waals surface area contributed by atoms with E-state index in [9.17, 15) is 9.18 Å². The third kappa shape index (κ3) is 30.6. The van der Waals surface area contributed by atoms with Crippen LogP contribution in [0.25, 0.3) is 0 Å². The van der Waals surface area contributed by atoms with Crippen LogP contribution in [0.2, 0.25) is 0 Å². The quantitative estimate of drug-likeness (QED) is 0.0450. The Morgan fingerprint density at radius 1 is 0.366 bits per heavy atom. The van der Waals surface area contributed by atoms with Crippen LogP contribution in [0.1, 0.15) is 133 Å². The molecule has 1 amide bonds. The lowest BCUT2D eigenvalue weighted by atomic mass is 10.1. The van der Waals surface area contributed by atoms with Crippen molar-refractivity contribution in [1.82, 2.24) is 121 Å². The van der Waals surface area contributed by atoms with Crippen LogP contribution in [0.3, 0.4) is 0 Å². The second-order valence-corrected chi connectivity index (χ2v) is 38.4. The minimum absolute atomic E-state index is 0.106. The number of aryl methyl sites for hydroxylation is 6. The van der Waals surface area contributed by atoms with Crippen molar-refractivity contribution in [2.75, 3.05) is 230 Å². The summed E-state index contributed by atoms with van der Waals surface area (Å²) < 4.78 is 46.3. The number of ether oxygens (including phenoxy) is 6. The van der Waals surface area contributed by atoms with Gasteiger partial charge in [0.2, 0.25) is 5.91 Å². The van der Waals surface area contributed by atoms with E-state index in [1.54, 1.807) is 6.92 Å². The lowest BCUT2D eigenvalue weighted by molar-refractivity contribution is -0.130. The SMILES string of the molecule is C=CN1CCN(C(=S)N/N=C2/CCOc3cc(C)cnc32)CC1.CC(=O)N1CCN(C(=S)N/N=C2/CCOc3cc(C)cnc32)CC1.CCN1CCN(C(=S)N/N=C2/CCOc3cc(C)cnc32)CC1.Cc1cnc2c(c1)OCC/C2=N/NC(=S)N1CCN(C2CC2)CC1.Cc1cnc2c(c1)OCC/C2=N/NC(=S)N1CCN(CCF)CC1.Cc1cnc2c(c1)OCC/C2=N/NC(=S)N1CCN(CCO)CC1. The smallest absolute Gasteiger partial charge is 0.219 e. The highest BCUT2D eigenvalue weighted by molar-refractivity contribution is 7.81. The maximum atomic E-state index is 12.4. The van der Waals surface area contributed by atoms with Gasteiger partial charge < -0.3 is 77.6 Å². The van der Waals surface area contributed by atoms with Crippen molar-refractivity contribution in [3.63, 3.8) is 0 Å². The third-order valence-corrected chi connectivity index (χ3v) is 27.8. The Morgan fingerprint density at radius 2 is 0.592 bits per heavy atom. The highest BCUT2D eigenvalue weighted by Gasteiger charge is 2.34. The lowest BCUT2D eigenvalue weighted by Crippen LogP contribution is -2.52. The monoisotopic (exact) mass is 2060 g/mol. The molecule has 142 heavy (non-hydrogen) atoms. The number of carbonyl (C=O) groups is 1. The molecule has 6 saturated heterocycles. The number of hydrazone groups is 6. The van der Waals surface area contributed by atoms with Crippen LogP contribution in [0.15, 0.2) is 117 Å². The maximum absolute atomic E-state index is 12.4. The van der Waals surface area contributed by atoms with Gasteiger partial charge in [0.15, 0.2) is 30.7 Å². The number of fused-ring (bicyclic) bond motifs is 6. The van der Waals surface area contributed by atoms with E-state index >= 15 is 0 Å². The van der Waals surface area contributed by atoms with Crippen LogP contribution in [0, 0.1) is 41.5 Å². The number of β-amino-alcohol motifs (C(OH)–C–C–N with tert-alkyl or cyclic N) is 1. The van der Waals surface area contributed by atoms with Gasteiger partial charge in [-0.05, 0) is 210 Å². The maximum Gasteiger partial charge on any atom is 0.219 e. The van der Waals surface area contributed by atoms with Crippen molar-refractivity contribution in [3.05, 3.63) is 154 Å². The standard InChI is InChI=1S/C17H23N5OS.C16H22FN5OS.C16H21N5O2S.C16H23N5O2S.C16H23N5OS.C16H21N5OS/c1-12-10-15-16(18-11-12)14(4-9-23-15)19-20-17(24)22-7-5-21(6-8-22)13-2-3-13;1-12-10-14-15(18-11-12)13(2-9-23-14)19-20-16(24)22-7-5-21(4-3-17)6-8-22;1-11-9-14-15(17-10-11)13(3-8-23-14)18-19-16(24)21-6-4-20(5-7-21)12(2)22;1-12-10-14-15(17-11-12)13(2-9-23-14)18-19-16(24)21-5-3-20(4-6-21)7-8-22;2*1-3-20-5-7-21(8-6-20)16(23)19-18-13-4-9-22-14-10-12(2)11-17-15(13)14/h10-11,13H,2-9H2,1H3,(H,20,24);10-11H,2-9H2,1H3,(H,20,24);9-10H,3-8H2,1-2H3,(H,19,24);10-11,22H,2-9H2,1H3,(H,19,24);10-11H,3-9H2,1-2H3,(H,19,23);3,10-11H,1,4-9H2,2H3,(H,19,23)/b19-14-;19-13-;4*18-13-. The molecule has 7 fully saturated rings. The molecule has 38 nitrogen and oxygen atoms in total. The van der Waals surface area contributed by atoms with E-state index in [0.29, 0.717) is 122 Å². The van der Waals surface area contributed by atoms with Gasteiger partial charge >= 0.3 is 0 Å². The fourth-order valence-electron chi connectivity index (χ4n) is 17.2. The number of hydrogen-bond donors (Lipinski definition) is 7. The average molecular weight is 2060 g/mol. The molecule has 0 bridgehead atoms. The van der Waals surface area contributed by atoms with Crippen LogP contribution in [-0.2, 0) is 4.79 Å². The van der Waals surface area contributed by atoms with Crippen molar-refractivity contribution in [3.8, 4) is 34.5 Å². The van der Waals surface area contributed by atoms with E-state index < -0.39 is 0 Å². The van der Waals surface area contributed by atoms with Crippen LogP contribution in [0.5, 0.6) is 34.5 Å². The summed E-state index contributed by atoms with van der Waals surface area (Å²) in [7, 11) is 0. The lowest BCUT2D eigenvalue weighted by Gasteiger charge is -2.35. The van der Waals surface area contributed by atoms with Crippen LogP contribution < -0.4 is 61.0 Å². The number of thiocarbonyl (C=S) groups is 6. The number of aliphatic hydroxyl groups is 1. The zero-order valence-corrected chi connectivity index (χ0v) is 87.5. The van der Waals surface area contributed by atoms with E-state index in [1.807, 2.05) is 131 Å². The van der Waals surface area contributed by atoms with Gasteiger partial charge in [-0.15, -0.1) is 0 Å². The molecule has 0 atom stereocenters. The molecule has 0 aromatic carbocycles. The number of pyridine rings is 6. The van der Waals surface area contributed by atoms with Crippen molar-refractivity contribution in [2.24, 2.45) is 30.6 Å². The van der Waals surface area contributed by atoms with Gasteiger partial charge in [0.1, 0.15) is 75.3 Å². The second kappa shape index (κ2) is 53.3. The number of nitrogens with one attached hydrogen (secondary N) is 6. The molecule has 12 aliphatic heterocycles. The van der Waals surface area contributed by atoms with E-state index in [-0.39, 0.29) is 19.2 Å². The van der Waals surface area contributed by atoms with Crippen LogP contribution in [0.4, 0.5) is 4.39 Å². The Morgan fingerprint density at radius 3 is 0.817 bits per heavy atom. The largest absolute Gasteiger partial charge is 0.491 e. The number of hydrogen-bond acceptors (Lipinski definition) is 31. The molecule has 762 valence electrons. The molecule has 1 aliphatic carbocycles. The van der Waals surface area contributed by atoms with E-state index in [0.717, 1.165) is 306 Å². The molecule has 0 spiro atoms. The van der Waals surface area contributed by atoms with Gasteiger partial charge in [-0.2, -0.15) is 30.6 Å². The summed E-state index contributed by atoms with van der Waals surface area (Å²) in [5.41, 5.74) is 34.6. The number of carbonyl (C=O) groups excluding carboxylic acids is 1. The minimum atomic E-state index is -0.301. The number of piperazine rings is 6. The Hall–Kier alpha value is -11.4. The fourth-order valence-corrected chi connectivity index (χ4v) is 18.5. The topological polar surface area (TPSA) is 355 Å². The summed E-state index contributed by atoms with van der Waals surface area (Å²) in [5, 5.41) is 39.7. The molecule has 0 unspecified atom stereocenters. The molecule has 19 rings (SSSR count). The van der Waals surface area contributed by atoms with Gasteiger partial charge in [0, 0.05) is 259 Å². The summed E-state index contributed by atoms with van der Waals surface area (Å²) in [5.74, 6) is 4.84. The highest BCUT2D eigenvalue weighted by Crippen LogP contribution is 2.32. The summed E-state index contributed by atoms with van der Waals surface area (Å²) in [6.45, 7) is 46.7. The molecule has 0 radical (unpaired) electrons. The molecule has 6 aromatic rings. The third-order valence-electron chi connectivity index (χ3n) is 25.7. The van der Waals surface area contributed by atoms with Crippen molar-refractivity contribution in [2.45, 2.75) is 113 Å². The normalized spacial score (nSPS) is 20.1. The summed E-state index contributed by atoms with van der Waals surface area (Å²) in [4.78, 5) is 64.1. The number of nitrogens with zero attached hydrogens (tertiary/aromatic N) is 24. The van der Waals surface area contributed by atoms with Gasteiger partial charge in [-0.3, -0.25) is 82.0 Å². The minimum Gasteiger partial charge on any atom is -0.491 e. The molecule has 1 saturated carbocycles. The Kier molecular flexibility index (Phi) is 39.9. The molecule has 18 heterocycles. The van der Waals surface area contributed by atoms with Crippen LogP contribution >= 0.6 is 73.3 Å². The first-order valence-electron chi connectivity index (χ1n) is 48.9. The summed E-state index contributed by atoms with van der Waals surface area (Å²) in [6.07, 6.45) is 19.9. The molecule has 13 aliphatic rings. The summed E-state index contributed by atoms with van der Waals surface area (Å²) in [6, 6.07) is 12.8. The molecule has 6 aromatic heterocycles. The number of rotatable bonds is 13. The number of alkyl halides is 1. The zero-order valence-electron chi connectivity index (χ0n) is 82.6. The van der Waals surface area contributed by atoms with Gasteiger partial charge in [-0.25, -0.2) is 4.39 Å². The fraction of sp³-hybridized carbons (Fsp3) is 0.536. The zero-order chi connectivity index (χ0) is 100.0. The van der Waals surface area contributed by atoms with Gasteiger partial charge in [0.25, 0.3) is 0 Å². The predicted molar refractivity (Wildman–Crippen MR) is 574 cm³/mol. The number of likely N-dealkylation sites (N-methyl/N-ethyl adjacent to an activating group) is 1. The molecular formula is C97H133FN30O8S6. The van der Waals surface area contributed by atoms with Crippen LogP contribution in [-0.4, -0.2) is 400 Å². The highest BCUT2D eigenvalue weighted by atomic mass is 32.1. The van der Waals surface area contributed by atoms with Crippen molar-refractivity contribution >= 4 is 144 Å². The van der Waals surface area contributed by atoms with Crippen molar-refractivity contribution in [1.29, 1.82) is 0 Å².